The van der Waals surface area contributed by atoms with Gasteiger partial charge in [-0.25, -0.2) is 0 Å². The molecule has 6 nitrogen and oxygen atoms in total. The van der Waals surface area contributed by atoms with Crippen molar-refractivity contribution >= 4 is 35.9 Å². The Kier molecular flexibility index (Phi) is 11.6. The van der Waals surface area contributed by atoms with Crippen molar-refractivity contribution in [3.8, 4) is 0 Å². The van der Waals surface area contributed by atoms with E-state index in [4.69, 9.17) is 0 Å². The fourth-order valence-corrected chi connectivity index (χ4v) is 1.60. The van der Waals surface area contributed by atoms with Crippen LogP contribution in [-0.2, 0) is 16.1 Å². The molecule has 0 amide bonds. The van der Waals surface area contributed by atoms with Gasteiger partial charge < -0.3 is 15.4 Å². The number of unbranched alkanes of at least 4 members (excludes halogenated alkanes) is 1. The van der Waals surface area contributed by atoms with E-state index in [9.17, 15) is 4.79 Å². The fourth-order valence-electron chi connectivity index (χ4n) is 1.60. The van der Waals surface area contributed by atoms with Gasteiger partial charge in [-0.2, -0.15) is 0 Å². The van der Waals surface area contributed by atoms with Gasteiger partial charge in [-0.1, -0.05) is 6.07 Å². The third-order valence-electron chi connectivity index (χ3n) is 2.71. The molecule has 1 aromatic rings. The first-order valence-corrected chi connectivity index (χ1v) is 6.67. The predicted molar refractivity (Wildman–Crippen MR) is 93.7 cm³/mol. The zero-order chi connectivity index (χ0) is 14.6. The third kappa shape index (κ3) is 9.22. The Morgan fingerprint density at radius 1 is 1.33 bits per heavy atom. The molecular weight excluding hydrogens is 383 g/mol. The summed E-state index contributed by atoms with van der Waals surface area (Å²) in [6.07, 6.45) is 3.91. The van der Waals surface area contributed by atoms with Crippen LogP contribution in [0.1, 0.15) is 25.0 Å². The van der Waals surface area contributed by atoms with Crippen molar-refractivity contribution in [1.82, 2.24) is 15.6 Å². The van der Waals surface area contributed by atoms with Crippen LogP contribution in [0.2, 0.25) is 0 Å². The first-order chi connectivity index (χ1) is 9.76. The van der Waals surface area contributed by atoms with Crippen LogP contribution < -0.4 is 10.6 Å². The molecule has 0 spiro atoms. The van der Waals surface area contributed by atoms with Gasteiger partial charge in [-0.3, -0.25) is 14.8 Å². The zero-order valence-corrected chi connectivity index (χ0v) is 14.8. The number of guanidine groups is 1. The molecule has 1 heterocycles. The van der Waals surface area contributed by atoms with E-state index in [2.05, 4.69) is 25.3 Å². The lowest BCUT2D eigenvalue weighted by atomic mass is 10.2. The smallest absolute Gasteiger partial charge is 0.305 e. The van der Waals surface area contributed by atoms with Gasteiger partial charge in [0.1, 0.15) is 0 Å². The van der Waals surface area contributed by atoms with Gasteiger partial charge in [0, 0.05) is 26.2 Å². The second-order valence-electron chi connectivity index (χ2n) is 4.21. The van der Waals surface area contributed by atoms with Gasteiger partial charge in [-0.15, -0.1) is 24.0 Å². The molecule has 0 radical (unpaired) electrons. The number of hydrogen-bond acceptors (Lipinski definition) is 4. The maximum atomic E-state index is 10.9. The van der Waals surface area contributed by atoms with Crippen molar-refractivity contribution < 1.29 is 9.53 Å². The molecule has 7 heteroatoms. The molecular formula is C14H23IN4O2. The standard InChI is InChI=1S/C14H22N4O2.HI/c1-15-14(17-10-6-4-8-13(19)20-2)18-11-12-7-3-5-9-16-12;/h3,5,7,9H,4,6,8,10-11H2,1-2H3,(H2,15,17,18);1H. The summed E-state index contributed by atoms with van der Waals surface area (Å²) in [5.74, 6) is 0.566. The summed E-state index contributed by atoms with van der Waals surface area (Å²) >= 11 is 0. The molecule has 118 valence electrons. The summed E-state index contributed by atoms with van der Waals surface area (Å²) in [5, 5.41) is 6.37. The van der Waals surface area contributed by atoms with Crippen molar-refractivity contribution in [2.45, 2.75) is 25.8 Å². The number of carbonyl (C=O) groups excluding carboxylic acids is 1. The highest BCUT2D eigenvalue weighted by Crippen LogP contribution is 1.96. The highest BCUT2D eigenvalue weighted by atomic mass is 127. The van der Waals surface area contributed by atoms with Gasteiger partial charge in [0.2, 0.25) is 0 Å². The number of aromatic nitrogens is 1. The van der Waals surface area contributed by atoms with Crippen molar-refractivity contribution in [1.29, 1.82) is 0 Å². The Balaban J connectivity index is 0.00000400. The predicted octanol–water partition coefficient (Wildman–Crippen LogP) is 1.71. The first-order valence-electron chi connectivity index (χ1n) is 6.67. The van der Waals surface area contributed by atoms with Gasteiger partial charge in [-0.05, 0) is 25.0 Å². The Morgan fingerprint density at radius 3 is 2.76 bits per heavy atom. The highest BCUT2D eigenvalue weighted by molar-refractivity contribution is 14.0. The number of ether oxygens (including phenoxy) is 1. The van der Waals surface area contributed by atoms with Crippen molar-refractivity contribution in [2.75, 3.05) is 20.7 Å². The Labute approximate surface area is 142 Å². The van der Waals surface area contributed by atoms with E-state index in [-0.39, 0.29) is 29.9 Å². The van der Waals surface area contributed by atoms with Crippen LogP contribution in [-0.4, -0.2) is 37.6 Å². The minimum atomic E-state index is -0.164. The number of pyridine rings is 1. The van der Waals surface area contributed by atoms with Crippen LogP contribution in [0, 0.1) is 0 Å². The average Bonchev–Trinajstić information content (AvgIpc) is 2.50. The summed E-state index contributed by atoms with van der Waals surface area (Å²) in [5.41, 5.74) is 0.959. The minimum Gasteiger partial charge on any atom is -0.469 e. The monoisotopic (exact) mass is 406 g/mol. The largest absolute Gasteiger partial charge is 0.469 e. The lowest BCUT2D eigenvalue weighted by Crippen LogP contribution is -2.37. The molecule has 21 heavy (non-hydrogen) atoms. The van der Waals surface area contributed by atoms with Gasteiger partial charge in [0.15, 0.2) is 5.96 Å². The molecule has 2 N–H and O–H groups in total. The molecule has 0 unspecified atom stereocenters. The summed E-state index contributed by atoms with van der Waals surface area (Å²) in [6, 6.07) is 5.79. The first kappa shape index (κ1) is 19.6. The van der Waals surface area contributed by atoms with E-state index in [0.717, 1.165) is 31.0 Å². The van der Waals surface area contributed by atoms with Crippen LogP contribution >= 0.6 is 24.0 Å². The number of carbonyl (C=O) groups is 1. The molecule has 0 aromatic carbocycles. The third-order valence-corrected chi connectivity index (χ3v) is 2.71. The van der Waals surface area contributed by atoms with Gasteiger partial charge >= 0.3 is 5.97 Å². The van der Waals surface area contributed by atoms with Crippen molar-refractivity contribution in [3.63, 3.8) is 0 Å². The van der Waals surface area contributed by atoms with Crippen LogP contribution in [0.25, 0.3) is 0 Å². The maximum Gasteiger partial charge on any atom is 0.305 e. The molecule has 0 saturated heterocycles. The van der Waals surface area contributed by atoms with E-state index in [1.807, 2.05) is 18.2 Å². The van der Waals surface area contributed by atoms with Gasteiger partial charge in [0.25, 0.3) is 0 Å². The van der Waals surface area contributed by atoms with E-state index in [0.29, 0.717) is 13.0 Å². The molecule has 0 aliphatic heterocycles. The number of nitrogens with zero attached hydrogens (tertiary/aromatic N) is 2. The van der Waals surface area contributed by atoms with E-state index in [1.165, 1.54) is 7.11 Å². The molecule has 1 rings (SSSR count). The molecule has 0 saturated carbocycles. The van der Waals surface area contributed by atoms with Crippen molar-refractivity contribution in [3.05, 3.63) is 30.1 Å². The van der Waals surface area contributed by atoms with Crippen molar-refractivity contribution in [2.24, 2.45) is 4.99 Å². The number of nitrogens with one attached hydrogen (secondary N) is 2. The Bertz CT molecular complexity index is 426. The number of rotatable bonds is 7. The SMILES string of the molecule is CN=C(NCCCCC(=O)OC)NCc1ccccn1.I. The Morgan fingerprint density at radius 2 is 2.14 bits per heavy atom. The summed E-state index contributed by atoms with van der Waals surface area (Å²) in [7, 11) is 3.13. The average molecular weight is 406 g/mol. The van der Waals surface area contributed by atoms with E-state index < -0.39 is 0 Å². The quantitative estimate of drug-likeness (QED) is 0.237. The van der Waals surface area contributed by atoms with Crippen LogP contribution in [0.4, 0.5) is 0 Å². The second-order valence-corrected chi connectivity index (χ2v) is 4.21. The number of halogens is 1. The van der Waals surface area contributed by atoms with Gasteiger partial charge in [0.05, 0.1) is 19.3 Å². The number of aliphatic imine (C=N–C) groups is 1. The van der Waals surface area contributed by atoms with Crippen LogP contribution in [0.5, 0.6) is 0 Å². The summed E-state index contributed by atoms with van der Waals surface area (Å²) in [4.78, 5) is 19.3. The molecule has 0 aliphatic carbocycles. The molecule has 0 atom stereocenters. The fraction of sp³-hybridized carbons (Fsp3) is 0.500. The lowest BCUT2D eigenvalue weighted by molar-refractivity contribution is -0.140. The summed E-state index contributed by atoms with van der Waals surface area (Å²) < 4.78 is 4.58. The second kappa shape index (κ2) is 12.4. The van der Waals surface area contributed by atoms with Crippen LogP contribution in [0.3, 0.4) is 0 Å². The lowest BCUT2D eigenvalue weighted by Gasteiger charge is -2.11. The molecule has 1 aromatic heterocycles. The number of esters is 1. The van der Waals surface area contributed by atoms with Crippen LogP contribution in [0.15, 0.2) is 29.4 Å². The zero-order valence-electron chi connectivity index (χ0n) is 12.5. The number of methoxy groups -OCH3 is 1. The Hall–Kier alpha value is -1.38. The normalized spacial score (nSPS) is 10.5. The highest BCUT2D eigenvalue weighted by Gasteiger charge is 2.01. The number of hydrogen-bond donors (Lipinski definition) is 2. The van der Waals surface area contributed by atoms with E-state index in [1.54, 1.807) is 13.2 Å². The minimum absolute atomic E-state index is 0. The molecule has 0 bridgehead atoms. The topological polar surface area (TPSA) is 75.6 Å². The maximum absolute atomic E-state index is 10.9. The van der Waals surface area contributed by atoms with E-state index >= 15 is 0 Å². The summed E-state index contributed by atoms with van der Waals surface area (Å²) in [6.45, 7) is 1.39. The molecule has 0 fully saturated rings. The molecule has 0 aliphatic rings.